The van der Waals surface area contributed by atoms with Gasteiger partial charge in [0.15, 0.2) is 0 Å². The molecular formula is C15H13F3N2O. The van der Waals surface area contributed by atoms with E-state index in [1.54, 1.807) is 6.07 Å². The fourth-order valence-electron chi connectivity index (χ4n) is 1.82. The Kier molecular flexibility index (Phi) is 4.59. The number of hydrogen-bond acceptors (Lipinski definition) is 2. The molecule has 0 fully saturated rings. The highest BCUT2D eigenvalue weighted by Gasteiger charge is 2.10. The van der Waals surface area contributed by atoms with E-state index in [-0.39, 0.29) is 24.2 Å². The minimum absolute atomic E-state index is 0.0896. The van der Waals surface area contributed by atoms with Gasteiger partial charge in [0.05, 0.1) is 0 Å². The van der Waals surface area contributed by atoms with Gasteiger partial charge in [-0.1, -0.05) is 12.1 Å². The van der Waals surface area contributed by atoms with Gasteiger partial charge in [0.2, 0.25) is 0 Å². The standard InChI is InChI=1S/C15H13F3N2O/c16-12-4-11(5-13(17)6-12)15(21)20-8-10-2-1-9(7-19)3-14(10)18/h1-6H,7-8,19H2,(H,20,21). The van der Waals surface area contributed by atoms with Crippen molar-refractivity contribution in [2.75, 3.05) is 0 Å². The topological polar surface area (TPSA) is 55.1 Å². The monoisotopic (exact) mass is 294 g/mol. The number of carbonyl (C=O) groups is 1. The Balaban J connectivity index is 2.07. The van der Waals surface area contributed by atoms with Gasteiger partial charge < -0.3 is 11.1 Å². The summed E-state index contributed by atoms with van der Waals surface area (Å²) in [6, 6.07) is 6.92. The van der Waals surface area contributed by atoms with Crippen LogP contribution in [0.1, 0.15) is 21.5 Å². The minimum Gasteiger partial charge on any atom is -0.348 e. The molecule has 0 saturated carbocycles. The molecule has 3 nitrogen and oxygen atoms in total. The first-order chi connectivity index (χ1) is 9.99. The largest absolute Gasteiger partial charge is 0.348 e. The lowest BCUT2D eigenvalue weighted by molar-refractivity contribution is 0.0949. The van der Waals surface area contributed by atoms with E-state index in [0.717, 1.165) is 12.1 Å². The second kappa shape index (κ2) is 6.41. The van der Waals surface area contributed by atoms with Crippen LogP contribution in [0.3, 0.4) is 0 Å². The average Bonchev–Trinajstić information content (AvgIpc) is 2.44. The van der Waals surface area contributed by atoms with Crippen molar-refractivity contribution in [3.05, 3.63) is 70.5 Å². The Morgan fingerprint density at radius 1 is 1.05 bits per heavy atom. The van der Waals surface area contributed by atoms with Crippen LogP contribution in [0.25, 0.3) is 0 Å². The Bertz CT molecular complexity index is 654. The quantitative estimate of drug-likeness (QED) is 0.910. The zero-order chi connectivity index (χ0) is 15.4. The normalized spacial score (nSPS) is 10.5. The molecule has 0 aromatic heterocycles. The summed E-state index contributed by atoms with van der Waals surface area (Å²) < 4.78 is 39.7. The molecule has 0 unspecified atom stereocenters. The molecule has 0 heterocycles. The van der Waals surface area contributed by atoms with Gasteiger partial charge in [-0.3, -0.25) is 4.79 Å². The van der Waals surface area contributed by atoms with Crippen LogP contribution >= 0.6 is 0 Å². The molecule has 0 aliphatic carbocycles. The lowest BCUT2D eigenvalue weighted by atomic mass is 10.1. The number of benzene rings is 2. The summed E-state index contributed by atoms with van der Waals surface area (Å²) in [6.45, 7) is 0.125. The first-order valence-electron chi connectivity index (χ1n) is 6.21. The van der Waals surface area contributed by atoms with E-state index in [2.05, 4.69) is 5.32 Å². The summed E-state index contributed by atoms with van der Waals surface area (Å²) >= 11 is 0. The predicted octanol–water partition coefficient (Wildman–Crippen LogP) is 2.49. The third-order valence-corrected chi connectivity index (χ3v) is 2.92. The Morgan fingerprint density at radius 3 is 2.29 bits per heavy atom. The zero-order valence-corrected chi connectivity index (χ0v) is 11.0. The van der Waals surface area contributed by atoms with Crippen LogP contribution in [0, 0.1) is 17.5 Å². The summed E-state index contributed by atoms with van der Waals surface area (Å²) in [5.41, 5.74) is 6.12. The first kappa shape index (κ1) is 15.1. The summed E-state index contributed by atoms with van der Waals surface area (Å²) in [5.74, 6) is -2.88. The van der Waals surface area contributed by atoms with E-state index in [1.165, 1.54) is 12.1 Å². The second-order valence-corrected chi connectivity index (χ2v) is 4.47. The Morgan fingerprint density at radius 2 is 1.71 bits per heavy atom. The SMILES string of the molecule is NCc1ccc(CNC(=O)c2cc(F)cc(F)c2)c(F)c1. The smallest absolute Gasteiger partial charge is 0.251 e. The van der Waals surface area contributed by atoms with Gasteiger partial charge in [0.1, 0.15) is 17.5 Å². The van der Waals surface area contributed by atoms with Crippen LogP contribution < -0.4 is 11.1 Å². The van der Waals surface area contributed by atoms with E-state index in [0.29, 0.717) is 11.6 Å². The van der Waals surface area contributed by atoms with Gasteiger partial charge in [0.25, 0.3) is 5.91 Å². The van der Waals surface area contributed by atoms with E-state index >= 15 is 0 Å². The first-order valence-corrected chi connectivity index (χ1v) is 6.21. The molecule has 6 heteroatoms. The molecule has 0 radical (unpaired) electrons. The molecular weight excluding hydrogens is 281 g/mol. The van der Waals surface area contributed by atoms with Crippen molar-refractivity contribution >= 4 is 5.91 Å². The number of rotatable bonds is 4. The maximum absolute atomic E-state index is 13.7. The number of nitrogens with one attached hydrogen (secondary N) is 1. The van der Waals surface area contributed by atoms with Gasteiger partial charge in [-0.05, 0) is 23.8 Å². The van der Waals surface area contributed by atoms with Gasteiger partial charge in [-0.15, -0.1) is 0 Å². The molecule has 1 amide bonds. The zero-order valence-electron chi connectivity index (χ0n) is 11.0. The number of nitrogens with two attached hydrogens (primary N) is 1. The molecule has 0 atom stereocenters. The fraction of sp³-hybridized carbons (Fsp3) is 0.133. The summed E-state index contributed by atoms with van der Waals surface area (Å²) in [6.07, 6.45) is 0. The van der Waals surface area contributed by atoms with Crippen LogP contribution in [0.5, 0.6) is 0 Å². The lowest BCUT2D eigenvalue weighted by Gasteiger charge is -2.08. The van der Waals surface area contributed by atoms with Crippen molar-refractivity contribution in [1.82, 2.24) is 5.32 Å². The summed E-state index contributed by atoms with van der Waals surface area (Å²) in [5, 5.41) is 2.40. The average molecular weight is 294 g/mol. The minimum atomic E-state index is -0.848. The molecule has 0 aliphatic rings. The van der Waals surface area contributed by atoms with Crippen molar-refractivity contribution in [3.8, 4) is 0 Å². The highest BCUT2D eigenvalue weighted by Crippen LogP contribution is 2.11. The molecule has 21 heavy (non-hydrogen) atoms. The van der Waals surface area contributed by atoms with Crippen molar-refractivity contribution < 1.29 is 18.0 Å². The van der Waals surface area contributed by atoms with Crippen molar-refractivity contribution in [2.45, 2.75) is 13.1 Å². The number of carbonyl (C=O) groups excluding carboxylic acids is 1. The molecule has 0 saturated heterocycles. The summed E-state index contributed by atoms with van der Waals surface area (Å²) in [4.78, 5) is 11.8. The second-order valence-electron chi connectivity index (χ2n) is 4.47. The number of hydrogen-bond donors (Lipinski definition) is 2. The highest BCUT2D eigenvalue weighted by molar-refractivity contribution is 5.94. The van der Waals surface area contributed by atoms with E-state index in [4.69, 9.17) is 5.73 Å². The number of amides is 1. The molecule has 0 bridgehead atoms. The van der Waals surface area contributed by atoms with E-state index in [1.807, 2.05) is 0 Å². The van der Waals surface area contributed by atoms with Crippen molar-refractivity contribution in [1.29, 1.82) is 0 Å². The van der Waals surface area contributed by atoms with Crippen LogP contribution in [-0.2, 0) is 13.1 Å². The molecule has 2 aromatic carbocycles. The molecule has 3 N–H and O–H groups in total. The molecule has 2 rings (SSSR count). The van der Waals surface area contributed by atoms with E-state index in [9.17, 15) is 18.0 Å². The van der Waals surface area contributed by atoms with Crippen LogP contribution in [-0.4, -0.2) is 5.91 Å². The van der Waals surface area contributed by atoms with Crippen molar-refractivity contribution in [3.63, 3.8) is 0 Å². The maximum atomic E-state index is 13.7. The highest BCUT2D eigenvalue weighted by atomic mass is 19.1. The summed E-state index contributed by atoms with van der Waals surface area (Å²) in [7, 11) is 0. The van der Waals surface area contributed by atoms with Crippen LogP contribution in [0.2, 0.25) is 0 Å². The van der Waals surface area contributed by atoms with E-state index < -0.39 is 23.4 Å². The molecule has 110 valence electrons. The van der Waals surface area contributed by atoms with Gasteiger partial charge >= 0.3 is 0 Å². The predicted molar refractivity (Wildman–Crippen MR) is 71.8 cm³/mol. The third kappa shape index (κ3) is 3.82. The van der Waals surface area contributed by atoms with Crippen molar-refractivity contribution in [2.24, 2.45) is 5.73 Å². The van der Waals surface area contributed by atoms with Gasteiger partial charge in [-0.2, -0.15) is 0 Å². The van der Waals surface area contributed by atoms with Gasteiger partial charge in [-0.25, -0.2) is 13.2 Å². The van der Waals surface area contributed by atoms with Crippen LogP contribution in [0.4, 0.5) is 13.2 Å². The van der Waals surface area contributed by atoms with Gasteiger partial charge in [0, 0.05) is 30.3 Å². The molecule has 0 aliphatic heterocycles. The lowest BCUT2D eigenvalue weighted by Crippen LogP contribution is -2.23. The molecule has 2 aromatic rings. The fourth-order valence-corrected chi connectivity index (χ4v) is 1.82. The molecule has 0 spiro atoms. The third-order valence-electron chi connectivity index (χ3n) is 2.92. The number of halogens is 3. The Hall–Kier alpha value is -2.34. The Labute approximate surface area is 119 Å². The maximum Gasteiger partial charge on any atom is 0.251 e. The van der Waals surface area contributed by atoms with Crippen LogP contribution in [0.15, 0.2) is 36.4 Å².